The van der Waals surface area contributed by atoms with Crippen molar-refractivity contribution in [2.24, 2.45) is 5.92 Å². The predicted molar refractivity (Wildman–Crippen MR) is 77.8 cm³/mol. The molecule has 0 aliphatic carbocycles. The van der Waals surface area contributed by atoms with E-state index in [2.05, 4.69) is 12.2 Å². The van der Waals surface area contributed by atoms with Crippen molar-refractivity contribution >= 4 is 0 Å². The van der Waals surface area contributed by atoms with Gasteiger partial charge in [0.15, 0.2) is 0 Å². The van der Waals surface area contributed by atoms with Crippen LogP contribution in [-0.2, 0) is 0 Å². The fourth-order valence-electron chi connectivity index (χ4n) is 3.05. The minimum Gasteiger partial charge on any atom is -0.314 e. The van der Waals surface area contributed by atoms with E-state index in [1.54, 1.807) is 0 Å². The van der Waals surface area contributed by atoms with Gasteiger partial charge in [0.05, 0.1) is 5.92 Å². The fraction of sp³-hybridized carbons (Fsp3) is 1.00. The van der Waals surface area contributed by atoms with E-state index in [1.807, 2.05) is 0 Å². The maximum atomic E-state index is 12.7. The van der Waals surface area contributed by atoms with E-state index in [4.69, 9.17) is 0 Å². The molecule has 20 heavy (non-hydrogen) atoms. The number of alkyl halides is 3. The Hall–Kier alpha value is -0.250. The van der Waals surface area contributed by atoms with Gasteiger partial charge >= 0.3 is 6.18 Å². The van der Waals surface area contributed by atoms with Gasteiger partial charge < -0.3 is 5.32 Å². The molecule has 0 amide bonds. The first-order chi connectivity index (χ1) is 9.54. The number of rotatable bonds is 9. The van der Waals surface area contributed by atoms with E-state index >= 15 is 0 Å². The van der Waals surface area contributed by atoms with Gasteiger partial charge in [-0.25, -0.2) is 0 Å². The lowest BCUT2D eigenvalue weighted by Gasteiger charge is -2.31. The van der Waals surface area contributed by atoms with Gasteiger partial charge in [-0.15, -0.1) is 0 Å². The predicted octanol–water partition coefficient (Wildman–Crippen LogP) is 5.45. The summed E-state index contributed by atoms with van der Waals surface area (Å²) in [4.78, 5) is 0. The molecule has 1 heterocycles. The highest BCUT2D eigenvalue weighted by molar-refractivity contribution is 4.82. The maximum absolute atomic E-state index is 12.7. The third-order valence-electron chi connectivity index (χ3n) is 4.36. The summed E-state index contributed by atoms with van der Waals surface area (Å²) in [6.45, 7) is 2.73. The molecule has 0 aromatic rings. The summed E-state index contributed by atoms with van der Waals surface area (Å²) < 4.78 is 38.0. The van der Waals surface area contributed by atoms with Crippen molar-refractivity contribution in [2.75, 3.05) is 6.54 Å². The van der Waals surface area contributed by atoms with Crippen LogP contribution in [-0.4, -0.2) is 18.8 Å². The van der Waals surface area contributed by atoms with Crippen molar-refractivity contribution in [2.45, 2.75) is 89.8 Å². The van der Waals surface area contributed by atoms with Crippen LogP contribution in [0.1, 0.15) is 77.6 Å². The molecule has 0 aromatic carbocycles. The Morgan fingerprint density at radius 2 is 1.55 bits per heavy atom. The molecule has 0 bridgehead atoms. The second-order valence-corrected chi connectivity index (χ2v) is 6.18. The first-order valence-corrected chi connectivity index (χ1v) is 8.34. The largest absolute Gasteiger partial charge is 0.391 e. The molecule has 120 valence electrons. The molecule has 1 fully saturated rings. The normalized spacial score (nSPS) is 24.0. The molecule has 0 radical (unpaired) electrons. The van der Waals surface area contributed by atoms with Gasteiger partial charge in [-0.05, 0) is 25.8 Å². The lowest BCUT2D eigenvalue weighted by atomic mass is 9.89. The third kappa shape index (κ3) is 7.51. The summed E-state index contributed by atoms with van der Waals surface area (Å²) in [5.74, 6) is -1.08. The second-order valence-electron chi connectivity index (χ2n) is 6.18. The highest BCUT2D eigenvalue weighted by atomic mass is 19.4. The lowest BCUT2D eigenvalue weighted by Crippen LogP contribution is -2.42. The van der Waals surface area contributed by atoms with E-state index in [0.29, 0.717) is 6.54 Å². The summed E-state index contributed by atoms with van der Waals surface area (Å²) in [5, 5.41) is 3.24. The highest BCUT2D eigenvalue weighted by Gasteiger charge is 2.41. The van der Waals surface area contributed by atoms with Gasteiger partial charge in [0, 0.05) is 6.04 Å². The summed E-state index contributed by atoms with van der Waals surface area (Å²) in [6, 6.07) is 0.0791. The first-order valence-electron chi connectivity index (χ1n) is 8.34. The Morgan fingerprint density at radius 1 is 0.950 bits per heavy atom. The van der Waals surface area contributed by atoms with Gasteiger partial charge in [-0.1, -0.05) is 58.3 Å². The minimum absolute atomic E-state index is 0.0791. The number of nitrogens with one attached hydrogen (secondary N) is 1. The number of piperidine rings is 1. The smallest absolute Gasteiger partial charge is 0.314 e. The van der Waals surface area contributed by atoms with Gasteiger partial charge in [0.1, 0.15) is 0 Å². The van der Waals surface area contributed by atoms with E-state index in [-0.39, 0.29) is 18.9 Å². The van der Waals surface area contributed by atoms with Crippen molar-refractivity contribution in [3.8, 4) is 0 Å². The molecule has 2 unspecified atom stereocenters. The standard InChI is InChI=1S/C16H30F3N/c1-2-3-4-5-6-7-8-9-10-15-13-14(11-12-20-15)16(17,18)19/h14-15,20H,2-13H2,1H3. The average molecular weight is 293 g/mol. The third-order valence-corrected chi connectivity index (χ3v) is 4.36. The minimum atomic E-state index is -4.00. The Bertz CT molecular complexity index is 240. The zero-order valence-electron chi connectivity index (χ0n) is 12.8. The topological polar surface area (TPSA) is 12.0 Å². The fourth-order valence-corrected chi connectivity index (χ4v) is 3.05. The van der Waals surface area contributed by atoms with Crippen LogP contribution < -0.4 is 5.32 Å². The monoisotopic (exact) mass is 293 g/mol. The van der Waals surface area contributed by atoms with Crippen LogP contribution in [0, 0.1) is 5.92 Å². The highest BCUT2D eigenvalue weighted by Crippen LogP contribution is 2.34. The quantitative estimate of drug-likeness (QED) is 0.557. The molecule has 1 nitrogen and oxygen atoms in total. The van der Waals surface area contributed by atoms with Crippen LogP contribution in [0.2, 0.25) is 0 Å². The van der Waals surface area contributed by atoms with Gasteiger partial charge in [-0.2, -0.15) is 13.2 Å². The van der Waals surface area contributed by atoms with E-state index in [0.717, 1.165) is 12.8 Å². The molecule has 0 saturated carbocycles. The number of hydrogen-bond donors (Lipinski definition) is 1. The van der Waals surface area contributed by atoms with E-state index in [1.165, 1.54) is 44.9 Å². The van der Waals surface area contributed by atoms with Crippen molar-refractivity contribution in [1.82, 2.24) is 5.32 Å². The van der Waals surface area contributed by atoms with Crippen LogP contribution in [0.3, 0.4) is 0 Å². The zero-order valence-corrected chi connectivity index (χ0v) is 12.8. The van der Waals surface area contributed by atoms with Crippen LogP contribution in [0.15, 0.2) is 0 Å². The van der Waals surface area contributed by atoms with Crippen molar-refractivity contribution in [3.63, 3.8) is 0 Å². The van der Waals surface area contributed by atoms with Crippen molar-refractivity contribution in [1.29, 1.82) is 0 Å². The number of hydrogen-bond acceptors (Lipinski definition) is 1. The molecular weight excluding hydrogens is 263 g/mol. The van der Waals surface area contributed by atoms with Crippen LogP contribution in [0.4, 0.5) is 13.2 Å². The van der Waals surface area contributed by atoms with Crippen LogP contribution >= 0.6 is 0 Å². The Morgan fingerprint density at radius 3 is 2.15 bits per heavy atom. The molecule has 2 atom stereocenters. The van der Waals surface area contributed by atoms with Crippen LogP contribution in [0.5, 0.6) is 0 Å². The van der Waals surface area contributed by atoms with Gasteiger partial charge in [0.2, 0.25) is 0 Å². The van der Waals surface area contributed by atoms with Crippen molar-refractivity contribution in [3.05, 3.63) is 0 Å². The average Bonchev–Trinajstić information content (AvgIpc) is 2.41. The van der Waals surface area contributed by atoms with Crippen molar-refractivity contribution < 1.29 is 13.2 Å². The zero-order chi connectivity index (χ0) is 14.8. The Labute approximate surface area is 121 Å². The van der Waals surface area contributed by atoms with Gasteiger partial charge in [0.25, 0.3) is 0 Å². The van der Waals surface area contributed by atoms with E-state index < -0.39 is 12.1 Å². The second kappa shape index (κ2) is 9.64. The summed E-state index contributed by atoms with van der Waals surface area (Å²) in [5.41, 5.74) is 0. The maximum Gasteiger partial charge on any atom is 0.391 e. The molecule has 1 aliphatic heterocycles. The lowest BCUT2D eigenvalue weighted by molar-refractivity contribution is -0.183. The number of unbranched alkanes of at least 4 members (excludes halogenated alkanes) is 7. The van der Waals surface area contributed by atoms with E-state index in [9.17, 15) is 13.2 Å². The first kappa shape index (κ1) is 17.8. The molecule has 0 aromatic heterocycles. The summed E-state index contributed by atoms with van der Waals surface area (Å²) in [6.07, 6.45) is 7.41. The Balaban J connectivity index is 2.01. The summed E-state index contributed by atoms with van der Waals surface area (Å²) in [7, 11) is 0. The molecular formula is C16H30F3N. The Kier molecular flexibility index (Phi) is 8.58. The molecule has 1 aliphatic rings. The number of halogens is 3. The molecule has 1 N–H and O–H groups in total. The van der Waals surface area contributed by atoms with Crippen LogP contribution in [0.25, 0.3) is 0 Å². The summed E-state index contributed by atoms with van der Waals surface area (Å²) >= 11 is 0. The van der Waals surface area contributed by atoms with Gasteiger partial charge in [-0.3, -0.25) is 0 Å². The molecule has 1 saturated heterocycles. The molecule has 1 rings (SSSR count). The SMILES string of the molecule is CCCCCCCCCCC1CC(C(F)(F)F)CCN1. The molecule has 4 heteroatoms. The molecule has 0 spiro atoms.